The zero-order valence-corrected chi connectivity index (χ0v) is 17.7. The summed E-state index contributed by atoms with van der Waals surface area (Å²) in [6.07, 6.45) is 3.98. The number of hydrogen-bond acceptors (Lipinski definition) is 4. The molecule has 1 aliphatic heterocycles. The molecule has 2 heterocycles. The Morgan fingerprint density at radius 2 is 1.73 bits per heavy atom. The first kappa shape index (κ1) is 19.4. The van der Waals surface area contributed by atoms with Crippen LogP contribution in [0.25, 0.3) is 11.0 Å². The van der Waals surface area contributed by atoms with Gasteiger partial charge in [-0.3, -0.25) is 14.5 Å². The van der Waals surface area contributed by atoms with E-state index in [1.54, 1.807) is 0 Å². The first-order valence-electron chi connectivity index (χ1n) is 8.60. The zero-order chi connectivity index (χ0) is 19.0. The quantitative estimate of drug-likeness (QED) is 0.420. The average molecular weight is 487 g/mol. The van der Waals surface area contributed by atoms with Crippen molar-refractivity contribution in [3.05, 3.63) is 32.2 Å². The number of imide groups is 1. The van der Waals surface area contributed by atoms with Gasteiger partial charge in [0, 0.05) is 11.0 Å². The molecular formula is C18H18Br2FN3O2. The summed E-state index contributed by atoms with van der Waals surface area (Å²) in [4.78, 5) is 35.3. The first-order valence-corrected chi connectivity index (χ1v) is 10.2. The maximum absolute atomic E-state index is 13.9. The third-order valence-electron chi connectivity index (χ3n) is 4.67. The van der Waals surface area contributed by atoms with Crippen molar-refractivity contribution in [3.63, 3.8) is 0 Å². The molecule has 2 amide bonds. The van der Waals surface area contributed by atoms with Crippen LogP contribution in [0.5, 0.6) is 0 Å². The van der Waals surface area contributed by atoms with Crippen LogP contribution < -0.4 is 0 Å². The van der Waals surface area contributed by atoms with Crippen molar-refractivity contribution >= 4 is 54.7 Å². The van der Waals surface area contributed by atoms with Crippen LogP contribution in [0, 0.1) is 11.7 Å². The number of benzene rings is 1. The lowest BCUT2D eigenvalue weighted by Gasteiger charge is -2.20. The van der Waals surface area contributed by atoms with Crippen molar-refractivity contribution in [2.75, 3.05) is 6.54 Å². The van der Waals surface area contributed by atoms with E-state index in [1.165, 1.54) is 11.0 Å². The largest absolute Gasteiger partial charge is 0.281 e. The number of unbranched alkanes of at least 4 members (excludes halogenated alkanes) is 1. The van der Waals surface area contributed by atoms with E-state index < -0.39 is 17.6 Å². The minimum absolute atomic E-state index is 0.00829. The number of carbonyl (C=O) groups is 2. The van der Waals surface area contributed by atoms with Gasteiger partial charge >= 0.3 is 0 Å². The topological polar surface area (TPSA) is 63.2 Å². The van der Waals surface area contributed by atoms with Gasteiger partial charge in [0.05, 0.1) is 4.47 Å². The minimum atomic E-state index is -0.516. The summed E-state index contributed by atoms with van der Waals surface area (Å²) in [5.74, 6) is -1.15. The van der Waals surface area contributed by atoms with E-state index in [1.807, 2.05) is 0 Å². The van der Waals surface area contributed by atoms with Crippen LogP contribution >= 0.6 is 31.9 Å². The molecule has 5 nitrogen and oxygen atoms in total. The molecule has 0 N–H and O–H groups in total. The Labute approximate surface area is 167 Å². The van der Waals surface area contributed by atoms with Gasteiger partial charge in [-0.2, -0.15) is 0 Å². The molecule has 26 heavy (non-hydrogen) atoms. The number of aromatic nitrogens is 2. The van der Waals surface area contributed by atoms with E-state index in [9.17, 15) is 14.0 Å². The molecule has 0 radical (unpaired) electrons. The lowest BCUT2D eigenvalue weighted by atomic mass is 9.99. The second-order valence-electron chi connectivity index (χ2n) is 6.41. The van der Waals surface area contributed by atoms with Crippen LogP contribution in [-0.4, -0.2) is 33.2 Å². The molecule has 0 spiro atoms. The van der Waals surface area contributed by atoms with Gasteiger partial charge in [0.15, 0.2) is 11.4 Å². The summed E-state index contributed by atoms with van der Waals surface area (Å²) in [6.45, 7) is 4.53. The maximum atomic E-state index is 13.9. The van der Waals surface area contributed by atoms with Crippen LogP contribution in [0.4, 0.5) is 4.39 Å². The van der Waals surface area contributed by atoms with Gasteiger partial charge in [-0.05, 0) is 50.3 Å². The second-order valence-corrected chi connectivity index (χ2v) is 8.06. The molecule has 138 valence electrons. The lowest BCUT2D eigenvalue weighted by molar-refractivity contribution is 0.0620. The van der Waals surface area contributed by atoms with E-state index in [-0.39, 0.29) is 27.3 Å². The highest BCUT2D eigenvalue weighted by molar-refractivity contribution is 9.11. The molecule has 1 aliphatic rings. The maximum Gasteiger partial charge on any atom is 0.281 e. The van der Waals surface area contributed by atoms with Crippen molar-refractivity contribution in [1.82, 2.24) is 14.9 Å². The van der Waals surface area contributed by atoms with E-state index in [4.69, 9.17) is 0 Å². The van der Waals surface area contributed by atoms with E-state index in [2.05, 4.69) is 55.7 Å². The van der Waals surface area contributed by atoms with Gasteiger partial charge in [0.25, 0.3) is 11.8 Å². The van der Waals surface area contributed by atoms with Crippen LogP contribution in [0.1, 0.15) is 60.5 Å². The van der Waals surface area contributed by atoms with Gasteiger partial charge < -0.3 is 0 Å². The third kappa shape index (κ3) is 3.29. The molecule has 1 aromatic carbocycles. The molecule has 8 heteroatoms. The Morgan fingerprint density at radius 3 is 2.31 bits per heavy atom. The smallest absolute Gasteiger partial charge is 0.271 e. The molecule has 3 rings (SSSR count). The minimum Gasteiger partial charge on any atom is -0.271 e. The number of carbonyl (C=O) groups excluding carboxylic acids is 2. The Hall–Kier alpha value is -1.41. The highest BCUT2D eigenvalue weighted by atomic mass is 79.9. The second kappa shape index (κ2) is 7.68. The highest BCUT2D eigenvalue weighted by Gasteiger charge is 2.40. The fraction of sp³-hybridized carbons (Fsp3) is 0.444. The average Bonchev–Trinajstić information content (AvgIpc) is 2.86. The number of hydrogen-bond donors (Lipinski definition) is 0. The molecule has 1 unspecified atom stereocenters. The molecule has 0 fully saturated rings. The summed E-state index contributed by atoms with van der Waals surface area (Å²) < 4.78 is 14.5. The summed E-state index contributed by atoms with van der Waals surface area (Å²) >= 11 is 6.39. The van der Waals surface area contributed by atoms with Crippen molar-refractivity contribution in [1.29, 1.82) is 0 Å². The van der Waals surface area contributed by atoms with Crippen molar-refractivity contribution in [2.45, 2.75) is 39.5 Å². The normalized spacial score (nSPS) is 15.0. The summed E-state index contributed by atoms with van der Waals surface area (Å²) in [5, 5.41) is 0. The molecular weight excluding hydrogens is 469 g/mol. The molecule has 0 aliphatic carbocycles. The predicted molar refractivity (Wildman–Crippen MR) is 104 cm³/mol. The summed E-state index contributed by atoms with van der Waals surface area (Å²) in [6, 6.07) is 1.25. The monoisotopic (exact) mass is 485 g/mol. The number of fused-ring (bicyclic) bond motifs is 2. The number of rotatable bonds is 6. The third-order valence-corrected chi connectivity index (χ3v) is 6.03. The van der Waals surface area contributed by atoms with Crippen molar-refractivity contribution in [2.24, 2.45) is 5.92 Å². The molecule has 0 saturated heterocycles. The van der Waals surface area contributed by atoms with E-state index in [0.29, 0.717) is 16.5 Å². The van der Waals surface area contributed by atoms with Gasteiger partial charge in [-0.25, -0.2) is 14.4 Å². The molecule has 1 atom stereocenters. The van der Waals surface area contributed by atoms with Gasteiger partial charge in [-0.1, -0.05) is 33.1 Å². The van der Waals surface area contributed by atoms with Gasteiger partial charge in [0.2, 0.25) is 0 Å². The van der Waals surface area contributed by atoms with E-state index >= 15 is 0 Å². The first-order chi connectivity index (χ1) is 12.4. The fourth-order valence-electron chi connectivity index (χ4n) is 3.10. The van der Waals surface area contributed by atoms with Gasteiger partial charge in [0.1, 0.15) is 16.9 Å². The standard InChI is InChI=1S/C18H18Br2FN3O2/c1-3-5-6-9(4-2)8-24-17(25)15-16(18(24)26)23-14-12(20)11(21)7-10(19)13(14)22-15/h7,9H,3-6,8H2,1-2H3. The predicted octanol–water partition coefficient (Wildman–Crippen LogP) is 5.11. The molecule has 1 aromatic heterocycles. The molecule has 2 aromatic rings. The lowest BCUT2D eigenvalue weighted by Crippen LogP contribution is -2.34. The van der Waals surface area contributed by atoms with Crippen LogP contribution in [0.3, 0.4) is 0 Å². The Bertz CT molecular complexity index is 904. The SMILES string of the molecule is CCCCC(CC)CN1C(=O)c2nc3c(Br)cc(F)c(Br)c3nc2C1=O. The van der Waals surface area contributed by atoms with Gasteiger partial charge in [-0.15, -0.1) is 0 Å². The van der Waals surface area contributed by atoms with Crippen molar-refractivity contribution in [3.8, 4) is 0 Å². The highest BCUT2D eigenvalue weighted by Crippen LogP contribution is 2.33. The van der Waals surface area contributed by atoms with Crippen LogP contribution in [0.15, 0.2) is 15.0 Å². The van der Waals surface area contributed by atoms with Crippen LogP contribution in [0.2, 0.25) is 0 Å². The Balaban J connectivity index is 2.01. The summed E-state index contributed by atoms with van der Waals surface area (Å²) in [7, 11) is 0. The fourth-order valence-corrected chi connectivity index (χ4v) is 3.97. The number of nitrogens with zero attached hydrogens (tertiary/aromatic N) is 3. The number of halogens is 3. The Morgan fingerprint density at radius 1 is 1.12 bits per heavy atom. The molecule has 0 saturated carbocycles. The Kier molecular flexibility index (Phi) is 5.72. The van der Waals surface area contributed by atoms with E-state index in [0.717, 1.165) is 25.7 Å². The zero-order valence-electron chi connectivity index (χ0n) is 14.5. The molecule has 0 bridgehead atoms. The number of amides is 2. The van der Waals surface area contributed by atoms with Crippen LogP contribution in [-0.2, 0) is 0 Å². The summed E-state index contributed by atoms with van der Waals surface area (Å²) in [5.41, 5.74) is 0.591. The van der Waals surface area contributed by atoms with Crippen molar-refractivity contribution < 1.29 is 14.0 Å².